The Morgan fingerprint density at radius 2 is 1.90 bits per heavy atom. The fraction of sp³-hybridized carbons (Fsp3) is 0.278. The van der Waals surface area contributed by atoms with Gasteiger partial charge in [0.05, 0.1) is 11.0 Å². The molecule has 3 aromatic rings. The summed E-state index contributed by atoms with van der Waals surface area (Å²) in [7, 11) is 0. The van der Waals surface area contributed by atoms with E-state index in [-0.39, 0.29) is 0 Å². The summed E-state index contributed by atoms with van der Waals surface area (Å²) in [5.41, 5.74) is 6.68. The SMILES string of the molecule is Cc1cccc2[nH]c(=S)n(C3CCc4ccccc4C3)c12. The number of H-pyrrole nitrogens is 1. The number of hydrogen-bond donors (Lipinski definition) is 1. The van der Waals surface area contributed by atoms with Crippen molar-refractivity contribution in [2.75, 3.05) is 0 Å². The van der Waals surface area contributed by atoms with E-state index >= 15 is 0 Å². The Hall–Kier alpha value is -1.87. The summed E-state index contributed by atoms with van der Waals surface area (Å²) in [6, 6.07) is 15.6. The Bertz CT molecular complexity index is 872. The number of benzene rings is 2. The summed E-state index contributed by atoms with van der Waals surface area (Å²) < 4.78 is 3.19. The molecule has 21 heavy (non-hydrogen) atoms. The van der Waals surface area contributed by atoms with Gasteiger partial charge in [-0.15, -0.1) is 0 Å². The van der Waals surface area contributed by atoms with Gasteiger partial charge in [-0.25, -0.2) is 0 Å². The minimum Gasteiger partial charge on any atom is -0.331 e. The lowest BCUT2D eigenvalue weighted by Crippen LogP contribution is -2.18. The van der Waals surface area contributed by atoms with E-state index < -0.39 is 0 Å². The number of aryl methyl sites for hydroxylation is 2. The van der Waals surface area contributed by atoms with Gasteiger partial charge in [0.1, 0.15) is 0 Å². The Labute approximate surface area is 129 Å². The van der Waals surface area contributed by atoms with Gasteiger partial charge in [0, 0.05) is 6.04 Å². The molecule has 0 aliphatic heterocycles. The quantitative estimate of drug-likeness (QED) is 0.643. The van der Waals surface area contributed by atoms with E-state index in [9.17, 15) is 0 Å². The zero-order valence-electron chi connectivity index (χ0n) is 12.1. The highest BCUT2D eigenvalue weighted by Crippen LogP contribution is 2.32. The number of aromatic amines is 1. The first kappa shape index (κ1) is 12.8. The van der Waals surface area contributed by atoms with Crippen molar-refractivity contribution in [1.29, 1.82) is 0 Å². The minimum atomic E-state index is 0.460. The van der Waals surface area contributed by atoms with Gasteiger partial charge in [-0.3, -0.25) is 0 Å². The van der Waals surface area contributed by atoms with Gasteiger partial charge in [-0.1, -0.05) is 36.4 Å². The maximum atomic E-state index is 5.60. The molecule has 1 aromatic heterocycles. The molecule has 2 nitrogen and oxygen atoms in total. The standard InChI is InChI=1S/C18H18N2S/c1-12-5-4-8-16-17(12)20(18(21)19-16)15-10-9-13-6-2-3-7-14(13)11-15/h2-8,15H,9-11H2,1H3,(H,19,21). The van der Waals surface area contributed by atoms with Gasteiger partial charge in [0.25, 0.3) is 0 Å². The molecule has 0 bridgehead atoms. The molecule has 0 radical (unpaired) electrons. The number of aromatic nitrogens is 2. The third-order valence-electron chi connectivity index (χ3n) is 4.63. The van der Waals surface area contributed by atoms with Gasteiger partial charge in [0.2, 0.25) is 0 Å². The van der Waals surface area contributed by atoms with Crippen LogP contribution in [0, 0.1) is 11.7 Å². The fourth-order valence-corrected chi connectivity index (χ4v) is 3.95. The molecule has 0 spiro atoms. The summed E-state index contributed by atoms with van der Waals surface area (Å²) in [6.45, 7) is 2.16. The van der Waals surface area contributed by atoms with E-state index in [0.29, 0.717) is 6.04 Å². The van der Waals surface area contributed by atoms with Gasteiger partial charge in [-0.2, -0.15) is 0 Å². The first-order valence-corrected chi connectivity index (χ1v) is 7.91. The van der Waals surface area contributed by atoms with Crippen molar-refractivity contribution in [2.45, 2.75) is 32.2 Å². The molecule has 1 unspecified atom stereocenters. The zero-order valence-corrected chi connectivity index (χ0v) is 12.9. The van der Waals surface area contributed by atoms with Crippen LogP contribution >= 0.6 is 12.2 Å². The van der Waals surface area contributed by atoms with E-state index in [1.165, 1.54) is 22.2 Å². The van der Waals surface area contributed by atoms with E-state index in [1.807, 2.05) is 0 Å². The number of imidazole rings is 1. The van der Waals surface area contributed by atoms with Gasteiger partial charge in [0.15, 0.2) is 4.77 Å². The Balaban J connectivity index is 1.85. The molecule has 1 aliphatic rings. The molecule has 0 saturated heterocycles. The smallest absolute Gasteiger partial charge is 0.178 e. The normalized spacial score (nSPS) is 17.9. The highest BCUT2D eigenvalue weighted by Gasteiger charge is 2.22. The number of rotatable bonds is 1. The van der Waals surface area contributed by atoms with Gasteiger partial charge >= 0.3 is 0 Å². The first-order chi connectivity index (χ1) is 10.2. The van der Waals surface area contributed by atoms with Gasteiger partial charge < -0.3 is 9.55 Å². The molecular weight excluding hydrogens is 276 g/mol. The number of hydrogen-bond acceptors (Lipinski definition) is 1. The average Bonchev–Trinajstić information content (AvgIpc) is 2.84. The predicted molar refractivity (Wildman–Crippen MR) is 89.4 cm³/mol. The molecule has 1 heterocycles. The van der Waals surface area contributed by atoms with Crippen LogP contribution in [0.15, 0.2) is 42.5 Å². The van der Waals surface area contributed by atoms with Crippen molar-refractivity contribution in [3.8, 4) is 0 Å². The average molecular weight is 294 g/mol. The van der Waals surface area contributed by atoms with E-state index in [1.54, 1.807) is 0 Å². The predicted octanol–water partition coefficient (Wildman–Crippen LogP) is 4.74. The number of nitrogens with one attached hydrogen (secondary N) is 1. The van der Waals surface area contributed by atoms with Crippen molar-refractivity contribution in [3.63, 3.8) is 0 Å². The van der Waals surface area contributed by atoms with E-state index in [4.69, 9.17) is 12.2 Å². The minimum absolute atomic E-state index is 0.460. The Kier molecular flexibility index (Phi) is 2.96. The van der Waals surface area contributed by atoms with Crippen LogP contribution in [0.5, 0.6) is 0 Å². The second kappa shape index (κ2) is 4.85. The van der Waals surface area contributed by atoms with Gasteiger partial charge in [-0.05, 0) is 61.2 Å². The lowest BCUT2D eigenvalue weighted by Gasteiger charge is -2.26. The second-order valence-electron chi connectivity index (χ2n) is 5.94. The summed E-state index contributed by atoms with van der Waals surface area (Å²) in [4.78, 5) is 3.37. The molecular formula is C18H18N2S. The van der Waals surface area contributed by atoms with Crippen LogP contribution in [0.3, 0.4) is 0 Å². The Morgan fingerprint density at radius 1 is 1.10 bits per heavy atom. The van der Waals surface area contributed by atoms with Crippen molar-refractivity contribution in [1.82, 2.24) is 9.55 Å². The molecule has 1 aliphatic carbocycles. The summed E-state index contributed by atoms with van der Waals surface area (Å²) >= 11 is 5.60. The Morgan fingerprint density at radius 3 is 2.76 bits per heavy atom. The number of para-hydroxylation sites is 1. The molecule has 0 saturated carbocycles. The van der Waals surface area contributed by atoms with Crippen molar-refractivity contribution in [2.24, 2.45) is 0 Å². The van der Waals surface area contributed by atoms with Crippen LogP contribution in [0.4, 0.5) is 0 Å². The molecule has 1 atom stereocenters. The van der Waals surface area contributed by atoms with Crippen molar-refractivity contribution in [3.05, 3.63) is 63.9 Å². The van der Waals surface area contributed by atoms with Crippen LogP contribution in [0.2, 0.25) is 0 Å². The van der Waals surface area contributed by atoms with Crippen molar-refractivity contribution >= 4 is 23.3 Å². The monoisotopic (exact) mass is 294 g/mol. The molecule has 4 rings (SSSR count). The molecule has 0 fully saturated rings. The number of fused-ring (bicyclic) bond motifs is 2. The molecule has 3 heteroatoms. The topological polar surface area (TPSA) is 20.7 Å². The largest absolute Gasteiger partial charge is 0.331 e. The first-order valence-electron chi connectivity index (χ1n) is 7.50. The van der Waals surface area contributed by atoms with Crippen LogP contribution < -0.4 is 0 Å². The summed E-state index contributed by atoms with van der Waals surface area (Å²) in [5.74, 6) is 0. The maximum absolute atomic E-state index is 5.60. The third kappa shape index (κ3) is 2.04. The lowest BCUT2D eigenvalue weighted by molar-refractivity contribution is 0.448. The number of nitrogens with zero attached hydrogens (tertiary/aromatic N) is 1. The summed E-state index contributed by atoms with van der Waals surface area (Å²) in [6.07, 6.45) is 3.37. The highest BCUT2D eigenvalue weighted by atomic mass is 32.1. The third-order valence-corrected chi connectivity index (χ3v) is 4.92. The second-order valence-corrected chi connectivity index (χ2v) is 6.32. The highest BCUT2D eigenvalue weighted by molar-refractivity contribution is 7.71. The molecule has 2 aromatic carbocycles. The lowest BCUT2D eigenvalue weighted by atomic mass is 9.88. The van der Waals surface area contributed by atoms with E-state index in [2.05, 4.69) is 58.9 Å². The molecule has 0 amide bonds. The van der Waals surface area contributed by atoms with Crippen LogP contribution in [-0.4, -0.2) is 9.55 Å². The molecule has 1 N–H and O–H groups in total. The van der Waals surface area contributed by atoms with Crippen LogP contribution in [0.1, 0.15) is 29.2 Å². The van der Waals surface area contributed by atoms with Crippen LogP contribution in [0.25, 0.3) is 11.0 Å². The van der Waals surface area contributed by atoms with E-state index in [0.717, 1.165) is 29.6 Å². The van der Waals surface area contributed by atoms with Crippen molar-refractivity contribution < 1.29 is 0 Å². The zero-order chi connectivity index (χ0) is 14.4. The fourth-order valence-electron chi connectivity index (χ4n) is 3.60. The molecule has 106 valence electrons. The maximum Gasteiger partial charge on any atom is 0.178 e. The van der Waals surface area contributed by atoms with Crippen LogP contribution in [-0.2, 0) is 12.8 Å². The summed E-state index contributed by atoms with van der Waals surface area (Å²) in [5, 5.41) is 0.